The maximum Gasteiger partial charge on any atom is 0.0770 e. The fourth-order valence-electron chi connectivity index (χ4n) is 2.48. The molecule has 0 saturated heterocycles. The van der Waals surface area contributed by atoms with E-state index in [-0.39, 0.29) is 6.04 Å². The summed E-state index contributed by atoms with van der Waals surface area (Å²) in [6, 6.07) is 6.95. The summed E-state index contributed by atoms with van der Waals surface area (Å²) >= 11 is 6.11. The number of hydrogen-bond donors (Lipinski definition) is 1. The van der Waals surface area contributed by atoms with Crippen LogP contribution >= 0.6 is 38.5 Å². The number of benzene rings is 1. The van der Waals surface area contributed by atoms with E-state index in [2.05, 4.69) is 99.5 Å². The molecule has 0 aliphatic heterocycles. The van der Waals surface area contributed by atoms with Gasteiger partial charge in [-0.25, -0.2) is 0 Å². The van der Waals surface area contributed by atoms with E-state index in [1.165, 1.54) is 20.4 Å². The Morgan fingerprint density at radius 2 is 2.10 bits per heavy atom. The summed E-state index contributed by atoms with van der Waals surface area (Å²) in [6.07, 6.45) is 1.89. The van der Waals surface area contributed by atoms with Crippen LogP contribution in [0.1, 0.15) is 49.7 Å². The van der Waals surface area contributed by atoms with E-state index >= 15 is 0 Å². The predicted molar refractivity (Wildman–Crippen MR) is 99.7 cm³/mol. The normalized spacial score (nSPS) is 12.9. The third-order valence-electron chi connectivity index (χ3n) is 3.49. The molecule has 1 aromatic carbocycles. The van der Waals surface area contributed by atoms with Crippen molar-refractivity contribution in [2.75, 3.05) is 6.54 Å². The first-order valence-corrected chi connectivity index (χ1v) is 9.05. The molecule has 2 aromatic rings. The molecule has 0 fully saturated rings. The van der Waals surface area contributed by atoms with Gasteiger partial charge < -0.3 is 5.32 Å². The topological polar surface area (TPSA) is 29.9 Å². The highest BCUT2D eigenvalue weighted by atomic mass is 127. The minimum absolute atomic E-state index is 0.140. The zero-order chi connectivity index (χ0) is 15.6. The van der Waals surface area contributed by atoms with Gasteiger partial charge in [0.05, 0.1) is 22.4 Å². The second-order valence-corrected chi connectivity index (χ2v) is 7.32. The second kappa shape index (κ2) is 7.24. The summed E-state index contributed by atoms with van der Waals surface area (Å²) < 4.78 is 4.46. The first kappa shape index (κ1) is 17.0. The Balaban J connectivity index is 2.59. The largest absolute Gasteiger partial charge is 0.305 e. The van der Waals surface area contributed by atoms with Gasteiger partial charge in [0, 0.05) is 9.61 Å². The minimum atomic E-state index is 0.140. The van der Waals surface area contributed by atoms with Gasteiger partial charge >= 0.3 is 0 Å². The molecule has 0 radical (unpaired) electrons. The van der Waals surface area contributed by atoms with E-state index in [4.69, 9.17) is 0 Å². The molecule has 1 atom stereocenters. The van der Waals surface area contributed by atoms with Gasteiger partial charge in [0.25, 0.3) is 0 Å². The number of nitrogens with zero attached hydrogens (tertiary/aromatic N) is 2. The lowest BCUT2D eigenvalue weighted by molar-refractivity contribution is 0.474. The van der Waals surface area contributed by atoms with Gasteiger partial charge in [0.15, 0.2) is 0 Å². The van der Waals surface area contributed by atoms with Crippen molar-refractivity contribution in [2.24, 2.45) is 0 Å². The van der Waals surface area contributed by atoms with E-state index in [0.717, 1.165) is 11.0 Å². The summed E-state index contributed by atoms with van der Waals surface area (Å²) in [5.74, 6) is 0. The SMILES string of the molecule is CCNC(c1cccc(C)c1I)c1c(Br)cnn1C(C)C. The molecule has 0 bridgehead atoms. The Bertz CT molecular complexity index is 622. The molecule has 0 saturated carbocycles. The van der Waals surface area contributed by atoms with E-state index in [0.29, 0.717) is 6.04 Å². The summed E-state index contributed by atoms with van der Waals surface area (Å²) in [6.45, 7) is 9.52. The van der Waals surface area contributed by atoms with E-state index in [1.54, 1.807) is 0 Å². The van der Waals surface area contributed by atoms with Crippen molar-refractivity contribution in [1.82, 2.24) is 15.1 Å². The first-order chi connectivity index (χ1) is 9.97. The number of aryl methyl sites for hydroxylation is 1. The van der Waals surface area contributed by atoms with Crippen LogP contribution in [0.25, 0.3) is 0 Å². The van der Waals surface area contributed by atoms with Crippen molar-refractivity contribution in [3.63, 3.8) is 0 Å². The van der Waals surface area contributed by atoms with Gasteiger partial charge in [0.2, 0.25) is 0 Å². The summed E-state index contributed by atoms with van der Waals surface area (Å²) in [7, 11) is 0. The Morgan fingerprint density at radius 3 is 2.71 bits per heavy atom. The lowest BCUT2D eigenvalue weighted by atomic mass is 10.0. The van der Waals surface area contributed by atoms with Crippen LogP contribution in [0, 0.1) is 10.5 Å². The molecule has 2 rings (SSSR count). The molecule has 21 heavy (non-hydrogen) atoms. The highest BCUT2D eigenvalue weighted by Crippen LogP contribution is 2.33. The average molecular weight is 462 g/mol. The lowest BCUT2D eigenvalue weighted by Gasteiger charge is -2.24. The van der Waals surface area contributed by atoms with E-state index in [9.17, 15) is 0 Å². The van der Waals surface area contributed by atoms with Crippen LogP contribution in [0.15, 0.2) is 28.9 Å². The van der Waals surface area contributed by atoms with Gasteiger partial charge in [-0.3, -0.25) is 4.68 Å². The average Bonchev–Trinajstić information content (AvgIpc) is 2.82. The van der Waals surface area contributed by atoms with Crippen LogP contribution in [0.5, 0.6) is 0 Å². The van der Waals surface area contributed by atoms with Crippen molar-refractivity contribution >= 4 is 38.5 Å². The van der Waals surface area contributed by atoms with Crippen LogP contribution < -0.4 is 5.32 Å². The van der Waals surface area contributed by atoms with Crippen molar-refractivity contribution in [2.45, 2.75) is 39.8 Å². The molecule has 114 valence electrons. The number of halogens is 2. The fraction of sp³-hybridized carbons (Fsp3) is 0.438. The monoisotopic (exact) mass is 461 g/mol. The maximum atomic E-state index is 4.52. The second-order valence-electron chi connectivity index (χ2n) is 5.38. The molecule has 0 spiro atoms. The Kier molecular flexibility index (Phi) is 5.85. The van der Waals surface area contributed by atoms with Crippen molar-refractivity contribution < 1.29 is 0 Å². The van der Waals surface area contributed by atoms with Gasteiger partial charge in [-0.1, -0.05) is 25.1 Å². The van der Waals surface area contributed by atoms with Gasteiger partial charge in [-0.2, -0.15) is 5.10 Å². The van der Waals surface area contributed by atoms with Crippen molar-refractivity contribution in [3.8, 4) is 0 Å². The minimum Gasteiger partial charge on any atom is -0.305 e. The molecular formula is C16H21BrIN3. The third kappa shape index (κ3) is 3.51. The quantitative estimate of drug-likeness (QED) is 0.645. The van der Waals surface area contributed by atoms with Crippen molar-refractivity contribution in [3.05, 3.63) is 49.3 Å². The van der Waals surface area contributed by atoms with Gasteiger partial charge in [0.1, 0.15) is 0 Å². The molecule has 1 N–H and O–H groups in total. The summed E-state index contributed by atoms with van der Waals surface area (Å²) in [5.41, 5.74) is 3.80. The zero-order valence-corrected chi connectivity index (χ0v) is 16.6. The molecule has 0 aliphatic rings. The third-order valence-corrected chi connectivity index (χ3v) is 5.58. The Labute approximate surface area is 148 Å². The molecule has 3 nitrogen and oxygen atoms in total. The van der Waals surface area contributed by atoms with Crippen LogP contribution in [0.2, 0.25) is 0 Å². The smallest absolute Gasteiger partial charge is 0.0770 e. The molecule has 1 heterocycles. The van der Waals surface area contributed by atoms with Crippen molar-refractivity contribution in [1.29, 1.82) is 0 Å². The molecule has 1 aromatic heterocycles. The summed E-state index contributed by atoms with van der Waals surface area (Å²) in [5, 5.41) is 8.13. The molecule has 0 aliphatic carbocycles. The molecular weight excluding hydrogens is 441 g/mol. The number of aromatic nitrogens is 2. The fourth-order valence-corrected chi connectivity index (χ4v) is 3.66. The predicted octanol–water partition coefficient (Wildman–Crippen LogP) is 4.84. The van der Waals surface area contributed by atoms with Gasteiger partial charge in [-0.15, -0.1) is 0 Å². The standard InChI is InChI=1S/C16H21BrIN3/c1-5-19-15(12-8-6-7-11(4)14(12)18)16-13(17)9-20-21(16)10(2)3/h6-10,15,19H,5H2,1-4H3. The van der Waals surface area contributed by atoms with Crippen LogP contribution in [-0.2, 0) is 0 Å². The Hall–Kier alpha value is -0.400. The van der Waals surface area contributed by atoms with E-state index in [1.807, 2.05) is 6.20 Å². The van der Waals surface area contributed by atoms with E-state index < -0.39 is 0 Å². The number of hydrogen-bond acceptors (Lipinski definition) is 2. The van der Waals surface area contributed by atoms with Crippen LogP contribution in [0.3, 0.4) is 0 Å². The molecule has 5 heteroatoms. The highest BCUT2D eigenvalue weighted by Gasteiger charge is 2.24. The van der Waals surface area contributed by atoms with Gasteiger partial charge in [-0.05, 0) is 77.0 Å². The van der Waals surface area contributed by atoms with Crippen LogP contribution in [0.4, 0.5) is 0 Å². The zero-order valence-electron chi connectivity index (χ0n) is 12.8. The first-order valence-electron chi connectivity index (χ1n) is 7.18. The summed E-state index contributed by atoms with van der Waals surface area (Å²) in [4.78, 5) is 0. The lowest BCUT2D eigenvalue weighted by Crippen LogP contribution is -2.26. The Morgan fingerprint density at radius 1 is 1.38 bits per heavy atom. The van der Waals surface area contributed by atoms with Crippen LogP contribution in [-0.4, -0.2) is 16.3 Å². The molecule has 0 amide bonds. The number of rotatable bonds is 5. The maximum absolute atomic E-state index is 4.52. The number of nitrogens with one attached hydrogen (secondary N) is 1. The highest BCUT2D eigenvalue weighted by molar-refractivity contribution is 14.1. The molecule has 1 unspecified atom stereocenters.